The van der Waals surface area contributed by atoms with E-state index in [2.05, 4.69) is 12.2 Å². The first-order valence-corrected chi connectivity index (χ1v) is 12.1. The lowest BCUT2D eigenvalue weighted by Crippen LogP contribution is -3.18. The molecule has 168 valence electrons. The van der Waals surface area contributed by atoms with Crippen molar-refractivity contribution in [3.63, 3.8) is 0 Å². The van der Waals surface area contributed by atoms with Crippen LogP contribution in [-0.4, -0.2) is 47.6 Å². The first kappa shape index (κ1) is 21.5. The number of pyridine rings is 1. The van der Waals surface area contributed by atoms with Crippen molar-refractivity contribution in [2.24, 2.45) is 5.92 Å². The van der Waals surface area contributed by atoms with E-state index < -0.39 is 0 Å². The van der Waals surface area contributed by atoms with Gasteiger partial charge in [0.15, 0.2) is 0 Å². The molecule has 0 radical (unpaired) electrons. The van der Waals surface area contributed by atoms with Crippen LogP contribution in [0.15, 0.2) is 41.2 Å². The third kappa shape index (κ3) is 4.28. The van der Waals surface area contributed by atoms with Crippen molar-refractivity contribution in [2.75, 3.05) is 26.2 Å². The molecule has 3 aliphatic heterocycles. The molecule has 4 heterocycles. The van der Waals surface area contributed by atoms with Crippen LogP contribution in [0.3, 0.4) is 0 Å². The number of carbonyl (C=O) groups excluding carboxylic acids is 1. The van der Waals surface area contributed by atoms with Gasteiger partial charge < -0.3 is 14.4 Å². The van der Waals surface area contributed by atoms with E-state index in [4.69, 9.17) is 11.6 Å². The average molecular weight is 453 g/mol. The van der Waals surface area contributed by atoms with Crippen LogP contribution in [0.25, 0.3) is 12.2 Å². The van der Waals surface area contributed by atoms with E-state index in [1.165, 1.54) is 12.1 Å². The lowest BCUT2D eigenvalue weighted by Gasteiger charge is -2.45. The molecule has 1 N–H and O–H groups in total. The van der Waals surface area contributed by atoms with E-state index in [9.17, 15) is 9.59 Å². The molecule has 3 atom stereocenters. The Balaban J connectivity index is 1.39. The molecule has 2 bridgehead atoms. The topological polar surface area (TPSA) is 46.8 Å². The van der Waals surface area contributed by atoms with E-state index in [0.29, 0.717) is 17.9 Å². The van der Waals surface area contributed by atoms with Gasteiger partial charge in [-0.2, -0.15) is 0 Å². The molecule has 1 aromatic heterocycles. The Bertz CT molecular complexity index is 1080. The van der Waals surface area contributed by atoms with E-state index in [-0.39, 0.29) is 11.5 Å². The van der Waals surface area contributed by atoms with Crippen LogP contribution >= 0.6 is 11.6 Å². The van der Waals surface area contributed by atoms with Gasteiger partial charge in [0.05, 0.1) is 19.1 Å². The Morgan fingerprint density at radius 2 is 1.81 bits per heavy atom. The standard InChI is InChI=1S/C26H30ClN3O2/c1-18(31)28-12-10-24(11-13-28)29-15-20-14-22(17-29)26-21(6-9-25(32)30(26)16-20)5-2-19-3-7-23(27)8-4-19/h2-9,20,22,24H,10-17H2,1H3/p+1/b5-2+/t20-,22+/m0/s1. The minimum atomic E-state index is 0.122. The van der Waals surface area contributed by atoms with Crippen molar-refractivity contribution in [2.45, 2.75) is 44.7 Å². The average Bonchev–Trinajstić information content (AvgIpc) is 2.80. The molecule has 0 saturated carbocycles. The minimum Gasteiger partial charge on any atom is -0.342 e. The van der Waals surface area contributed by atoms with Crippen molar-refractivity contribution in [3.8, 4) is 0 Å². The summed E-state index contributed by atoms with van der Waals surface area (Å²) in [7, 11) is 0. The number of benzene rings is 1. The highest BCUT2D eigenvalue weighted by Gasteiger charge is 2.41. The number of amides is 1. The predicted molar refractivity (Wildman–Crippen MR) is 128 cm³/mol. The number of fused-ring (bicyclic) bond motifs is 4. The molecule has 5 nitrogen and oxygen atoms in total. The van der Waals surface area contributed by atoms with Gasteiger partial charge in [0.1, 0.15) is 0 Å². The van der Waals surface area contributed by atoms with E-state index in [1.54, 1.807) is 17.9 Å². The SMILES string of the molecule is CC(=O)N1CCC([NH+]2C[C@@H]3C[C@H](C2)c2c(/C=C/c4ccc(Cl)cc4)ccc(=O)n2C3)CC1. The molecule has 5 rings (SSSR count). The number of hydrogen-bond donors (Lipinski definition) is 1. The highest BCUT2D eigenvalue weighted by atomic mass is 35.5. The lowest BCUT2D eigenvalue weighted by atomic mass is 9.80. The minimum absolute atomic E-state index is 0.122. The molecule has 0 aliphatic carbocycles. The van der Waals surface area contributed by atoms with Crippen LogP contribution in [-0.2, 0) is 11.3 Å². The fourth-order valence-electron chi connectivity index (χ4n) is 6.04. The van der Waals surface area contributed by atoms with Gasteiger partial charge >= 0.3 is 0 Å². The second-order valence-electron chi connectivity index (χ2n) is 9.65. The highest BCUT2D eigenvalue weighted by Crippen LogP contribution is 2.33. The summed E-state index contributed by atoms with van der Waals surface area (Å²) in [6.45, 7) is 6.47. The van der Waals surface area contributed by atoms with E-state index >= 15 is 0 Å². The maximum Gasteiger partial charge on any atom is 0.250 e. The Morgan fingerprint density at radius 1 is 1.06 bits per heavy atom. The van der Waals surface area contributed by atoms with Gasteiger partial charge in [-0.25, -0.2) is 0 Å². The van der Waals surface area contributed by atoms with Gasteiger partial charge in [0.25, 0.3) is 5.56 Å². The number of aromatic nitrogens is 1. The Morgan fingerprint density at radius 3 is 2.53 bits per heavy atom. The number of rotatable bonds is 3. The molecule has 2 saturated heterocycles. The van der Waals surface area contributed by atoms with Crippen LogP contribution < -0.4 is 10.5 Å². The highest BCUT2D eigenvalue weighted by molar-refractivity contribution is 6.30. The van der Waals surface area contributed by atoms with Crippen LogP contribution in [0.1, 0.15) is 48.9 Å². The summed E-state index contributed by atoms with van der Waals surface area (Å²) >= 11 is 6.02. The van der Waals surface area contributed by atoms with Crippen molar-refractivity contribution in [3.05, 3.63) is 68.6 Å². The van der Waals surface area contributed by atoms with Gasteiger partial charge in [-0.1, -0.05) is 35.9 Å². The molecule has 2 aromatic rings. The Labute approximate surface area is 194 Å². The lowest BCUT2D eigenvalue weighted by molar-refractivity contribution is -0.937. The summed E-state index contributed by atoms with van der Waals surface area (Å²) in [5.41, 5.74) is 3.57. The van der Waals surface area contributed by atoms with Crippen LogP contribution in [0.4, 0.5) is 0 Å². The van der Waals surface area contributed by atoms with Crippen LogP contribution in [0, 0.1) is 5.92 Å². The van der Waals surface area contributed by atoms with Crippen LogP contribution in [0.2, 0.25) is 5.02 Å². The molecule has 1 unspecified atom stereocenters. The maximum atomic E-state index is 12.7. The number of halogens is 1. The zero-order valence-electron chi connectivity index (χ0n) is 18.6. The third-order valence-corrected chi connectivity index (χ3v) is 7.86. The van der Waals surface area contributed by atoms with Crippen LogP contribution in [0.5, 0.6) is 0 Å². The largest absolute Gasteiger partial charge is 0.342 e. The third-order valence-electron chi connectivity index (χ3n) is 7.61. The number of carbonyl (C=O) groups is 1. The zero-order chi connectivity index (χ0) is 22.2. The van der Waals surface area contributed by atoms with Gasteiger partial charge in [0.2, 0.25) is 5.91 Å². The van der Waals surface area contributed by atoms with Crippen molar-refractivity contribution < 1.29 is 9.69 Å². The van der Waals surface area contributed by atoms with Crippen molar-refractivity contribution in [1.29, 1.82) is 0 Å². The quantitative estimate of drug-likeness (QED) is 0.778. The van der Waals surface area contributed by atoms with Gasteiger partial charge in [0, 0.05) is 68.0 Å². The summed E-state index contributed by atoms with van der Waals surface area (Å²) in [5, 5.41) is 0.733. The van der Waals surface area contributed by atoms with Crippen molar-refractivity contribution >= 4 is 29.7 Å². The monoisotopic (exact) mass is 452 g/mol. The molecule has 6 heteroatoms. The molecule has 1 aromatic carbocycles. The first-order valence-electron chi connectivity index (χ1n) is 11.8. The molecular formula is C26H31ClN3O2+. The number of nitrogens with one attached hydrogen (secondary N) is 1. The first-order chi connectivity index (χ1) is 15.5. The summed E-state index contributed by atoms with van der Waals surface area (Å²) < 4.78 is 2.04. The summed E-state index contributed by atoms with van der Waals surface area (Å²) in [6, 6.07) is 12.1. The number of likely N-dealkylation sites (tertiary alicyclic amines) is 2. The summed E-state index contributed by atoms with van der Waals surface area (Å²) in [6.07, 6.45) is 7.59. The van der Waals surface area contributed by atoms with E-state index in [1.807, 2.05) is 39.8 Å². The zero-order valence-corrected chi connectivity index (χ0v) is 19.4. The fraction of sp³-hybridized carbons (Fsp3) is 0.462. The molecule has 2 fully saturated rings. The Hall–Kier alpha value is -2.37. The van der Waals surface area contributed by atoms with Gasteiger partial charge in [-0.05, 0) is 35.7 Å². The predicted octanol–water partition coefficient (Wildman–Crippen LogP) is 2.69. The fourth-order valence-corrected chi connectivity index (χ4v) is 6.16. The van der Waals surface area contributed by atoms with Crippen molar-refractivity contribution in [1.82, 2.24) is 9.47 Å². The molecule has 32 heavy (non-hydrogen) atoms. The maximum absolute atomic E-state index is 12.7. The summed E-state index contributed by atoms with van der Waals surface area (Å²) in [5.74, 6) is 1.15. The number of hydrogen-bond acceptors (Lipinski definition) is 2. The second-order valence-corrected chi connectivity index (χ2v) is 10.1. The molecule has 3 aliphatic rings. The van der Waals surface area contributed by atoms with Gasteiger partial charge in [-0.3, -0.25) is 9.59 Å². The normalized spacial score (nSPS) is 25.7. The second kappa shape index (κ2) is 8.87. The number of quaternary nitrogens is 1. The summed E-state index contributed by atoms with van der Waals surface area (Å²) in [4.78, 5) is 28.1. The van der Waals surface area contributed by atoms with E-state index in [0.717, 1.165) is 61.7 Å². The van der Waals surface area contributed by atoms with Gasteiger partial charge in [-0.15, -0.1) is 0 Å². The molecular weight excluding hydrogens is 422 g/mol. The number of nitrogens with zero attached hydrogens (tertiary/aromatic N) is 2. The molecule has 1 amide bonds. The Kier molecular flexibility index (Phi) is 5.95. The number of piperidine rings is 2. The smallest absolute Gasteiger partial charge is 0.250 e. The molecule has 0 spiro atoms.